The van der Waals surface area contributed by atoms with Gasteiger partial charge in [-0.3, -0.25) is 4.90 Å². The molecule has 2 N–H and O–H groups in total. The molecule has 1 aromatic carbocycles. The van der Waals surface area contributed by atoms with E-state index >= 15 is 0 Å². The molecule has 2 heterocycles. The van der Waals surface area contributed by atoms with Gasteiger partial charge in [0.15, 0.2) is 0 Å². The molecular weight excluding hydrogens is 345 g/mol. The minimum Gasteiger partial charge on any atom is -0.396 e. The third-order valence-electron chi connectivity index (χ3n) is 4.81. The van der Waals surface area contributed by atoms with Crippen LogP contribution in [0, 0.1) is 5.82 Å². The van der Waals surface area contributed by atoms with Crippen molar-refractivity contribution in [1.29, 1.82) is 0 Å². The quantitative estimate of drug-likeness (QED) is 0.778. The van der Waals surface area contributed by atoms with E-state index in [9.17, 15) is 9.50 Å². The highest BCUT2D eigenvalue weighted by Gasteiger charge is 2.28. The van der Waals surface area contributed by atoms with Gasteiger partial charge in [-0.2, -0.15) is 0 Å². The second-order valence-electron chi connectivity index (χ2n) is 7.23. The maximum atomic E-state index is 14.0. The van der Waals surface area contributed by atoms with Crippen LogP contribution in [0.3, 0.4) is 0 Å². The van der Waals surface area contributed by atoms with Crippen LogP contribution in [0.1, 0.15) is 25.8 Å². The van der Waals surface area contributed by atoms with Crippen LogP contribution in [0.2, 0.25) is 0 Å². The lowest BCUT2D eigenvalue weighted by Crippen LogP contribution is -2.53. The van der Waals surface area contributed by atoms with Crippen LogP contribution in [-0.4, -0.2) is 58.3 Å². The number of aliphatic hydroxyl groups excluding tert-OH is 1. The Morgan fingerprint density at radius 3 is 2.81 bits per heavy atom. The molecule has 6 nitrogen and oxygen atoms in total. The van der Waals surface area contributed by atoms with E-state index in [1.807, 2.05) is 18.2 Å². The fourth-order valence-electron chi connectivity index (χ4n) is 3.47. The van der Waals surface area contributed by atoms with Crippen molar-refractivity contribution in [1.82, 2.24) is 14.9 Å². The standard InChI is InChI=1S/C20H28FN5O/c1-15(2)24-19-11-20(23-14-22-19)26-9-8-25(17(13-26)7-10-27)12-16-5-3-4-6-18(16)21/h3-6,11,14-15,17,27H,7-10,12-13H2,1-2H3,(H,22,23,24). The van der Waals surface area contributed by atoms with Crippen LogP contribution in [-0.2, 0) is 6.54 Å². The van der Waals surface area contributed by atoms with E-state index in [1.54, 1.807) is 12.4 Å². The maximum absolute atomic E-state index is 14.0. The van der Waals surface area contributed by atoms with Gasteiger partial charge in [-0.05, 0) is 26.3 Å². The summed E-state index contributed by atoms with van der Waals surface area (Å²) in [5, 5.41) is 12.8. The van der Waals surface area contributed by atoms with Gasteiger partial charge in [0.1, 0.15) is 23.8 Å². The summed E-state index contributed by atoms with van der Waals surface area (Å²) in [5.41, 5.74) is 0.694. The minimum absolute atomic E-state index is 0.107. The zero-order chi connectivity index (χ0) is 19.2. The summed E-state index contributed by atoms with van der Waals surface area (Å²) >= 11 is 0. The number of aromatic nitrogens is 2. The van der Waals surface area contributed by atoms with Crippen LogP contribution in [0.5, 0.6) is 0 Å². The highest BCUT2D eigenvalue weighted by atomic mass is 19.1. The van der Waals surface area contributed by atoms with Crippen molar-refractivity contribution < 1.29 is 9.50 Å². The molecule has 0 saturated carbocycles. The molecule has 0 spiro atoms. The SMILES string of the molecule is CC(C)Nc1cc(N2CCN(Cc3ccccc3F)C(CCO)C2)ncn1. The van der Waals surface area contributed by atoms with Gasteiger partial charge in [0.2, 0.25) is 0 Å². The van der Waals surface area contributed by atoms with Crippen molar-refractivity contribution in [3.05, 3.63) is 48.0 Å². The van der Waals surface area contributed by atoms with Gasteiger partial charge in [-0.1, -0.05) is 18.2 Å². The zero-order valence-corrected chi connectivity index (χ0v) is 16.0. The van der Waals surface area contributed by atoms with Gasteiger partial charge in [-0.15, -0.1) is 0 Å². The molecule has 1 unspecified atom stereocenters. The smallest absolute Gasteiger partial charge is 0.134 e. The minimum atomic E-state index is -0.178. The fourth-order valence-corrected chi connectivity index (χ4v) is 3.47. The molecule has 3 rings (SSSR count). The Morgan fingerprint density at radius 1 is 1.26 bits per heavy atom. The molecule has 0 bridgehead atoms. The van der Waals surface area contributed by atoms with E-state index < -0.39 is 0 Å². The van der Waals surface area contributed by atoms with E-state index in [0.29, 0.717) is 24.6 Å². The van der Waals surface area contributed by atoms with Crippen molar-refractivity contribution >= 4 is 11.6 Å². The lowest BCUT2D eigenvalue weighted by molar-refractivity contribution is 0.134. The van der Waals surface area contributed by atoms with Crippen LogP contribution < -0.4 is 10.2 Å². The predicted octanol–water partition coefficient (Wildman–Crippen LogP) is 2.51. The Labute approximate surface area is 160 Å². The van der Waals surface area contributed by atoms with Crippen molar-refractivity contribution in [2.24, 2.45) is 0 Å². The molecule has 1 aliphatic rings. The number of hydrogen-bond donors (Lipinski definition) is 2. The molecule has 1 fully saturated rings. The average molecular weight is 373 g/mol. The number of benzene rings is 1. The number of aliphatic hydroxyl groups is 1. The van der Waals surface area contributed by atoms with E-state index in [1.165, 1.54) is 6.07 Å². The monoisotopic (exact) mass is 373 g/mol. The number of anilines is 2. The molecule has 1 saturated heterocycles. The molecule has 1 aliphatic heterocycles. The summed E-state index contributed by atoms with van der Waals surface area (Å²) < 4.78 is 14.0. The molecule has 1 atom stereocenters. The summed E-state index contributed by atoms with van der Waals surface area (Å²) in [7, 11) is 0. The van der Waals surface area contributed by atoms with E-state index in [0.717, 1.165) is 31.3 Å². The van der Waals surface area contributed by atoms with Crippen molar-refractivity contribution in [3.8, 4) is 0 Å². The first-order valence-electron chi connectivity index (χ1n) is 9.48. The Hall–Kier alpha value is -2.25. The Balaban J connectivity index is 1.71. The number of piperazine rings is 1. The fraction of sp³-hybridized carbons (Fsp3) is 0.500. The van der Waals surface area contributed by atoms with Crippen molar-refractivity contribution in [3.63, 3.8) is 0 Å². The Morgan fingerprint density at radius 2 is 2.07 bits per heavy atom. The zero-order valence-electron chi connectivity index (χ0n) is 16.0. The lowest BCUT2D eigenvalue weighted by atomic mass is 10.1. The number of nitrogens with zero attached hydrogens (tertiary/aromatic N) is 4. The van der Waals surface area contributed by atoms with E-state index in [4.69, 9.17) is 0 Å². The second kappa shape index (κ2) is 9.10. The Bertz CT molecular complexity index is 742. The number of halogens is 1. The summed E-state index contributed by atoms with van der Waals surface area (Å²) in [6, 6.07) is 9.29. The maximum Gasteiger partial charge on any atom is 0.134 e. The first kappa shape index (κ1) is 19.5. The molecule has 2 aromatic rings. The van der Waals surface area contributed by atoms with Gasteiger partial charge in [0, 0.05) is 56.5 Å². The molecule has 0 amide bonds. The van der Waals surface area contributed by atoms with Gasteiger partial charge < -0.3 is 15.3 Å². The van der Waals surface area contributed by atoms with Crippen LogP contribution >= 0.6 is 0 Å². The first-order valence-corrected chi connectivity index (χ1v) is 9.48. The second-order valence-corrected chi connectivity index (χ2v) is 7.23. The molecule has 1 aromatic heterocycles. The highest BCUT2D eigenvalue weighted by Crippen LogP contribution is 2.22. The van der Waals surface area contributed by atoms with Gasteiger partial charge in [-0.25, -0.2) is 14.4 Å². The summed E-state index contributed by atoms with van der Waals surface area (Å²) in [6.07, 6.45) is 2.22. The lowest BCUT2D eigenvalue weighted by Gasteiger charge is -2.42. The van der Waals surface area contributed by atoms with Gasteiger partial charge >= 0.3 is 0 Å². The first-order chi connectivity index (χ1) is 13.1. The predicted molar refractivity (Wildman–Crippen MR) is 105 cm³/mol. The number of hydrogen-bond acceptors (Lipinski definition) is 6. The van der Waals surface area contributed by atoms with Crippen molar-refractivity contribution in [2.75, 3.05) is 36.5 Å². The number of nitrogens with one attached hydrogen (secondary N) is 1. The average Bonchev–Trinajstić information content (AvgIpc) is 2.65. The molecule has 0 radical (unpaired) electrons. The van der Waals surface area contributed by atoms with Gasteiger partial charge in [0.25, 0.3) is 0 Å². The molecular formula is C20H28FN5O. The number of rotatable bonds is 7. The molecule has 0 aliphatic carbocycles. The van der Waals surface area contributed by atoms with E-state index in [2.05, 4.69) is 38.9 Å². The third kappa shape index (κ3) is 5.14. The highest BCUT2D eigenvalue weighted by molar-refractivity contribution is 5.49. The van der Waals surface area contributed by atoms with Crippen LogP contribution in [0.4, 0.5) is 16.0 Å². The molecule has 7 heteroatoms. The third-order valence-corrected chi connectivity index (χ3v) is 4.81. The Kier molecular flexibility index (Phi) is 6.58. The summed E-state index contributed by atoms with van der Waals surface area (Å²) in [5.74, 6) is 1.51. The molecule has 146 valence electrons. The normalized spacial score (nSPS) is 18.1. The van der Waals surface area contributed by atoms with Crippen LogP contribution in [0.15, 0.2) is 36.7 Å². The molecule has 27 heavy (non-hydrogen) atoms. The largest absolute Gasteiger partial charge is 0.396 e. The van der Waals surface area contributed by atoms with E-state index in [-0.39, 0.29) is 18.5 Å². The van der Waals surface area contributed by atoms with Gasteiger partial charge in [0.05, 0.1) is 0 Å². The van der Waals surface area contributed by atoms with Crippen molar-refractivity contribution in [2.45, 2.75) is 38.9 Å². The summed E-state index contributed by atoms with van der Waals surface area (Å²) in [4.78, 5) is 13.2. The summed E-state index contributed by atoms with van der Waals surface area (Å²) in [6.45, 7) is 7.13. The topological polar surface area (TPSA) is 64.5 Å². The van der Waals surface area contributed by atoms with Crippen LogP contribution in [0.25, 0.3) is 0 Å².